The fourth-order valence-electron chi connectivity index (χ4n) is 3.10. The minimum absolute atomic E-state index is 0.0375. The molecule has 6 nitrogen and oxygen atoms in total. The van der Waals surface area contributed by atoms with Gasteiger partial charge in [0.15, 0.2) is 10.7 Å². The molecule has 0 spiro atoms. The highest BCUT2D eigenvalue weighted by Crippen LogP contribution is 2.28. The van der Waals surface area contributed by atoms with Crippen LogP contribution in [0.2, 0.25) is 0 Å². The third kappa shape index (κ3) is 4.22. The lowest BCUT2D eigenvalue weighted by Gasteiger charge is -2.13. The molecule has 0 radical (unpaired) electrons. The van der Waals surface area contributed by atoms with Crippen molar-refractivity contribution in [3.63, 3.8) is 0 Å². The first-order chi connectivity index (χ1) is 14.5. The SMILES string of the molecule is CC(=O)Nc1ccc2cc(C(=O)N[S+]([O-])c3ccccc3-c3ccccc3)oc2c1. The van der Waals surface area contributed by atoms with Crippen LogP contribution in [0.5, 0.6) is 0 Å². The van der Waals surface area contributed by atoms with Crippen LogP contribution >= 0.6 is 0 Å². The summed E-state index contributed by atoms with van der Waals surface area (Å²) in [6.45, 7) is 1.41. The molecule has 30 heavy (non-hydrogen) atoms. The van der Waals surface area contributed by atoms with Gasteiger partial charge in [0.05, 0.1) is 0 Å². The van der Waals surface area contributed by atoms with E-state index in [9.17, 15) is 14.1 Å². The summed E-state index contributed by atoms with van der Waals surface area (Å²) in [5, 5.41) is 3.36. The zero-order chi connectivity index (χ0) is 21.1. The topological polar surface area (TPSA) is 94.4 Å². The zero-order valence-corrected chi connectivity index (χ0v) is 16.9. The molecule has 0 bridgehead atoms. The minimum atomic E-state index is -1.78. The number of rotatable bonds is 5. The molecule has 150 valence electrons. The van der Waals surface area contributed by atoms with E-state index < -0.39 is 17.3 Å². The summed E-state index contributed by atoms with van der Waals surface area (Å²) in [5.41, 5.74) is 2.70. The standard InChI is InChI=1S/C23H18N2O4S/c1-15(26)24-18-12-11-17-13-21(29-20(17)14-18)23(27)25-30(28)22-10-6-5-9-19(22)16-7-3-2-4-8-16/h2-14H,1H3,(H,24,26)(H,25,27). The second-order valence-corrected chi connectivity index (χ2v) is 7.79. The normalized spacial score (nSPS) is 11.8. The molecule has 1 unspecified atom stereocenters. The van der Waals surface area contributed by atoms with Crippen LogP contribution in [0.1, 0.15) is 17.5 Å². The maximum Gasteiger partial charge on any atom is 0.328 e. The van der Waals surface area contributed by atoms with E-state index in [4.69, 9.17) is 4.42 Å². The molecule has 7 heteroatoms. The van der Waals surface area contributed by atoms with Crippen molar-refractivity contribution in [3.8, 4) is 11.1 Å². The van der Waals surface area contributed by atoms with E-state index in [2.05, 4.69) is 10.0 Å². The summed E-state index contributed by atoms with van der Waals surface area (Å²) < 4.78 is 21.0. The van der Waals surface area contributed by atoms with Crippen molar-refractivity contribution in [2.24, 2.45) is 0 Å². The van der Waals surface area contributed by atoms with Crippen LogP contribution in [0.25, 0.3) is 22.1 Å². The van der Waals surface area contributed by atoms with Crippen molar-refractivity contribution < 1.29 is 18.6 Å². The Bertz CT molecular complexity index is 1220. The molecule has 4 aromatic rings. The lowest BCUT2D eigenvalue weighted by molar-refractivity contribution is -0.114. The van der Waals surface area contributed by atoms with Crippen LogP contribution in [-0.4, -0.2) is 16.4 Å². The number of carbonyl (C=O) groups is 2. The highest BCUT2D eigenvalue weighted by Gasteiger charge is 2.23. The van der Waals surface area contributed by atoms with E-state index >= 15 is 0 Å². The quantitative estimate of drug-likeness (QED) is 0.466. The molecule has 2 N–H and O–H groups in total. The molecule has 1 heterocycles. The monoisotopic (exact) mass is 418 g/mol. The Morgan fingerprint density at radius 1 is 0.933 bits per heavy atom. The van der Waals surface area contributed by atoms with Crippen molar-refractivity contribution in [3.05, 3.63) is 84.6 Å². The molecule has 1 atom stereocenters. The minimum Gasteiger partial charge on any atom is -0.588 e. The van der Waals surface area contributed by atoms with E-state index in [1.807, 2.05) is 42.5 Å². The summed E-state index contributed by atoms with van der Waals surface area (Å²) in [4.78, 5) is 24.4. The molecule has 0 saturated heterocycles. The third-order valence-electron chi connectivity index (χ3n) is 4.42. The number of hydrogen-bond acceptors (Lipinski definition) is 4. The van der Waals surface area contributed by atoms with Crippen LogP contribution in [0, 0.1) is 0 Å². The summed E-state index contributed by atoms with van der Waals surface area (Å²) in [5.74, 6) is -0.754. The predicted molar refractivity (Wildman–Crippen MR) is 116 cm³/mol. The van der Waals surface area contributed by atoms with Crippen LogP contribution in [0.15, 0.2) is 88.2 Å². The zero-order valence-electron chi connectivity index (χ0n) is 16.0. The number of anilines is 1. The molecule has 0 fully saturated rings. The number of fused-ring (bicyclic) bond motifs is 1. The number of carbonyl (C=O) groups excluding carboxylic acids is 2. The van der Waals surface area contributed by atoms with Gasteiger partial charge in [0.25, 0.3) is 0 Å². The Hall–Kier alpha value is -3.55. The summed E-state index contributed by atoms with van der Waals surface area (Å²) in [6.07, 6.45) is 0. The average molecular weight is 418 g/mol. The van der Waals surface area contributed by atoms with E-state index in [0.717, 1.165) is 11.1 Å². The first-order valence-electron chi connectivity index (χ1n) is 9.19. The molecular formula is C23H18N2O4S. The molecule has 3 aromatic carbocycles. The molecule has 0 aliphatic carbocycles. The van der Waals surface area contributed by atoms with Gasteiger partial charge < -0.3 is 14.3 Å². The highest BCUT2D eigenvalue weighted by atomic mass is 32.2. The van der Waals surface area contributed by atoms with Gasteiger partial charge in [-0.3, -0.25) is 9.59 Å². The van der Waals surface area contributed by atoms with E-state index in [0.29, 0.717) is 21.6 Å². The van der Waals surface area contributed by atoms with Crippen molar-refractivity contribution >= 4 is 39.8 Å². The molecule has 0 aliphatic heterocycles. The number of nitrogens with one attached hydrogen (secondary N) is 2. The summed E-state index contributed by atoms with van der Waals surface area (Å²) in [7, 11) is 0. The summed E-state index contributed by atoms with van der Waals surface area (Å²) in [6, 6.07) is 23.4. The molecule has 1 aromatic heterocycles. The van der Waals surface area contributed by atoms with Crippen molar-refractivity contribution in [1.29, 1.82) is 0 Å². The highest BCUT2D eigenvalue weighted by molar-refractivity contribution is 7.90. The molecule has 2 amide bonds. The smallest absolute Gasteiger partial charge is 0.328 e. The Kier molecular flexibility index (Phi) is 5.56. The molecular weight excluding hydrogens is 400 g/mol. The lowest BCUT2D eigenvalue weighted by atomic mass is 10.1. The van der Waals surface area contributed by atoms with Crippen molar-refractivity contribution in [1.82, 2.24) is 4.72 Å². The van der Waals surface area contributed by atoms with Crippen molar-refractivity contribution in [2.45, 2.75) is 11.8 Å². The van der Waals surface area contributed by atoms with Crippen LogP contribution in [0.4, 0.5) is 5.69 Å². The maximum absolute atomic E-state index is 12.9. The molecule has 4 rings (SSSR count). The van der Waals surface area contributed by atoms with Gasteiger partial charge in [-0.2, -0.15) is 4.72 Å². The summed E-state index contributed by atoms with van der Waals surface area (Å²) >= 11 is -1.78. The fraction of sp³-hybridized carbons (Fsp3) is 0.0435. The Morgan fingerprint density at radius 2 is 1.67 bits per heavy atom. The van der Waals surface area contributed by atoms with E-state index in [-0.39, 0.29) is 11.7 Å². The number of amides is 2. The van der Waals surface area contributed by atoms with E-state index in [1.54, 1.807) is 36.4 Å². The Labute approximate surface area is 176 Å². The Balaban J connectivity index is 1.56. The molecule has 0 saturated carbocycles. The first kappa shape index (κ1) is 19.8. The van der Waals surface area contributed by atoms with Crippen LogP contribution in [-0.2, 0) is 16.2 Å². The fourth-order valence-corrected chi connectivity index (χ4v) is 4.06. The number of hydrogen-bond donors (Lipinski definition) is 2. The van der Waals surface area contributed by atoms with Gasteiger partial charge in [-0.25, -0.2) is 0 Å². The lowest BCUT2D eigenvalue weighted by Crippen LogP contribution is -2.30. The third-order valence-corrected chi connectivity index (χ3v) is 5.55. The average Bonchev–Trinajstić information content (AvgIpc) is 3.17. The van der Waals surface area contributed by atoms with Gasteiger partial charge in [0.1, 0.15) is 16.9 Å². The van der Waals surface area contributed by atoms with Crippen LogP contribution in [0.3, 0.4) is 0 Å². The van der Waals surface area contributed by atoms with Gasteiger partial charge in [-0.05, 0) is 35.9 Å². The van der Waals surface area contributed by atoms with Gasteiger partial charge in [-0.1, -0.05) is 42.5 Å². The second kappa shape index (κ2) is 8.44. The second-order valence-electron chi connectivity index (χ2n) is 6.61. The van der Waals surface area contributed by atoms with Crippen LogP contribution < -0.4 is 10.0 Å². The van der Waals surface area contributed by atoms with E-state index in [1.165, 1.54) is 6.92 Å². The number of furan rings is 1. The largest absolute Gasteiger partial charge is 0.588 e. The first-order valence-corrected chi connectivity index (χ1v) is 10.3. The van der Waals surface area contributed by atoms with Crippen molar-refractivity contribution in [2.75, 3.05) is 5.32 Å². The number of benzene rings is 3. The Morgan fingerprint density at radius 3 is 2.43 bits per heavy atom. The van der Waals surface area contributed by atoms with Gasteiger partial charge in [-0.15, -0.1) is 0 Å². The predicted octanol–water partition coefficient (Wildman–Crippen LogP) is 4.51. The van der Waals surface area contributed by atoms with Gasteiger partial charge >= 0.3 is 5.91 Å². The van der Waals surface area contributed by atoms with Gasteiger partial charge in [0, 0.05) is 29.6 Å². The van der Waals surface area contributed by atoms with Gasteiger partial charge in [0.2, 0.25) is 5.91 Å². The molecule has 0 aliphatic rings. The maximum atomic E-state index is 12.9.